The first-order chi connectivity index (χ1) is 12.6. The molecule has 0 unspecified atom stereocenters. The molecule has 0 amide bonds. The second-order valence-electron chi connectivity index (χ2n) is 5.31. The van der Waals surface area contributed by atoms with Crippen LogP contribution < -0.4 is 9.47 Å². The normalized spacial score (nSPS) is 10.4. The first-order valence-electron chi connectivity index (χ1n) is 7.74. The van der Waals surface area contributed by atoms with E-state index in [0.717, 1.165) is 10.6 Å². The molecule has 26 heavy (non-hydrogen) atoms. The van der Waals surface area contributed by atoms with Crippen molar-refractivity contribution >= 4 is 17.3 Å². The molecular formula is C19H17NO5S. The summed E-state index contributed by atoms with van der Waals surface area (Å²) in [5.74, 6) is 0.855. The summed E-state index contributed by atoms with van der Waals surface area (Å²) in [6.45, 7) is 0.0580. The number of aromatic nitrogens is 1. The Bertz CT molecular complexity index is 905. The van der Waals surface area contributed by atoms with Crippen LogP contribution in [0.25, 0.3) is 10.6 Å². The van der Waals surface area contributed by atoms with Crippen molar-refractivity contribution < 1.29 is 24.1 Å². The smallest absolute Gasteiger partial charge is 0.338 e. The van der Waals surface area contributed by atoms with Crippen molar-refractivity contribution in [3.8, 4) is 27.8 Å². The SMILES string of the molecule is COc1cccc(-c2nc(COC(=O)c3ccc(O)cc3)cs2)c1OC. The third-order valence-electron chi connectivity index (χ3n) is 3.64. The summed E-state index contributed by atoms with van der Waals surface area (Å²) < 4.78 is 16.0. The Kier molecular flexibility index (Phi) is 5.38. The fourth-order valence-corrected chi connectivity index (χ4v) is 3.20. The summed E-state index contributed by atoms with van der Waals surface area (Å²) >= 11 is 1.43. The predicted molar refractivity (Wildman–Crippen MR) is 97.9 cm³/mol. The van der Waals surface area contributed by atoms with Crippen LogP contribution in [-0.4, -0.2) is 30.3 Å². The van der Waals surface area contributed by atoms with E-state index >= 15 is 0 Å². The molecule has 0 bridgehead atoms. The highest BCUT2D eigenvalue weighted by molar-refractivity contribution is 7.13. The molecule has 0 radical (unpaired) electrons. The van der Waals surface area contributed by atoms with Crippen LogP contribution in [0.3, 0.4) is 0 Å². The first-order valence-corrected chi connectivity index (χ1v) is 8.62. The van der Waals surface area contributed by atoms with E-state index in [2.05, 4.69) is 4.98 Å². The van der Waals surface area contributed by atoms with Gasteiger partial charge in [-0.25, -0.2) is 9.78 Å². The Morgan fingerprint density at radius 2 is 1.88 bits per heavy atom. The van der Waals surface area contributed by atoms with Crippen LogP contribution in [0.15, 0.2) is 47.8 Å². The molecule has 0 aliphatic carbocycles. The van der Waals surface area contributed by atoms with Crippen LogP contribution >= 0.6 is 11.3 Å². The van der Waals surface area contributed by atoms with E-state index in [1.54, 1.807) is 14.2 Å². The molecule has 0 spiro atoms. The second-order valence-corrected chi connectivity index (χ2v) is 6.17. The lowest BCUT2D eigenvalue weighted by atomic mass is 10.2. The molecule has 0 fully saturated rings. The molecule has 134 valence electrons. The van der Waals surface area contributed by atoms with Gasteiger partial charge in [0.25, 0.3) is 0 Å². The quantitative estimate of drug-likeness (QED) is 0.663. The lowest BCUT2D eigenvalue weighted by Gasteiger charge is -2.10. The van der Waals surface area contributed by atoms with E-state index in [1.165, 1.54) is 35.6 Å². The van der Waals surface area contributed by atoms with Gasteiger partial charge >= 0.3 is 5.97 Å². The van der Waals surface area contributed by atoms with E-state index in [-0.39, 0.29) is 12.4 Å². The largest absolute Gasteiger partial charge is 0.508 e. The van der Waals surface area contributed by atoms with Crippen molar-refractivity contribution in [2.45, 2.75) is 6.61 Å². The van der Waals surface area contributed by atoms with Gasteiger partial charge in [0.2, 0.25) is 0 Å². The van der Waals surface area contributed by atoms with Crippen molar-refractivity contribution in [2.24, 2.45) is 0 Å². The Labute approximate surface area is 154 Å². The minimum Gasteiger partial charge on any atom is -0.508 e. The minimum absolute atomic E-state index is 0.0580. The van der Waals surface area contributed by atoms with E-state index < -0.39 is 5.97 Å². The topological polar surface area (TPSA) is 77.9 Å². The van der Waals surface area contributed by atoms with Gasteiger partial charge in [-0.2, -0.15) is 0 Å². The lowest BCUT2D eigenvalue weighted by Crippen LogP contribution is -2.05. The summed E-state index contributed by atoms with van der Waals surface area (Å²) in [6.07, 6.45) is 0. The standard InChI is InChI=1S/C19H17NO5S/c1-23-16-5-3-4-15(17(16)24-2)18-20-13(11-26-18)10-25-19(22)12-6-8-14(21)9-7-12/h3-9,11,21H,10H2,1-2H3. The molecule has 1 aromatic heterocycles. The Balaban J connectivity index is 1.72. The molecule has 0 saturated carbocycles. The number of benzene rings is 2. The lowest BCUT2D eigenvalue weighted by molar-refractivity contribution is 0.0468. The molecule has 7 heteroatoms. The van der Waals surface area contributed by atoms with Crippen LogP contribution in [0, 0.1) is 0 Å². The summed E-state index contributed by atoms with van der Waals surface area (Å²) in [4.78, 5) is 16.5. The van der Waals surface area contributed by atoms with Crippen LogP contribution in [-0.2, 0) is 11.3 Å². The fourth-order valence-electron chi connectivity index (χ4n) is 2.37. The maximum absolute atomic E-state index is 12.0. The van der Waals surface area contributed by atoms with Gasteiger partial charge in [-0.05, 0) is 36.4 Å². The molecule has 3 aromatic rings. The number of carbonyl (C=O) groups excluding carboxylic acids is 1. The molecule has 0 aliphatic rings. The Morgan fingerprint density at radius 1 is 1.12 bits per heavy atom. The number of rotatable bonds is 6. The number of aromatic hydroxyl groups is 1. The number of thiazole rings is 1. The monoisotopic (exact) mass is 371 g/mol. The third kappa shape index (κ3) is 3.78. The van der Waals surface area contributed by atoms with Crippen molar-refractivity contribution in [1.82, 2.24) is 4.98 Å². The van der Waals surface area contributed by atoms with Gasteiger partial charge in [-0.15, -0.1) is 11.3 Å². The maximum Gasteiger partial charge on any atom is 0.338 e. The van der Waals surface area contributed by atoms with Gasteiger partial charge in [0.15, 0.2) is 11.5 Å². The number of methoxy groups -OCH3 is 2. The van der Waals surface area contributed by atoms with Gasteiger partial charge < -0.3 is 19.3 Å². The van der Waals surface area contributed by atoms with Crippen molar-refractivity contribution in [3.05, 3.63) is 59.1 Å². The van der Waals surface area contributed by atoms with Gasteiger partial charge in [-0.3, -0.25) is 0 Å². The Morgan fingerprint density at radius 3 is 2.58 bits per heavy atom. The van der Waals surface area contributed by atoms with E-state index in [1.807, 2.05) is 23.6 Å². The van der Waals surface area contributed by atoms with E-state index in [4.69, 9.17) is 14.2 Å². The minimum atomic E-state index is -0.474. The molecule has 0 saturated heterocycles. The highest BCUT2D eigenvalue weighted by atomic mass is 32.1. The number of esters is 1. The zero-order chi connectivity index (χ0) is 18.5. The molecule has 1 heterocycles. The molecule has 0 aliphatic heterocycles. The molecule has 2 aromatic carbocycles. The van der Waals surface area contributed by atoms with E-state index in [0.29, 0.717) is 22.8 Å². The number of nitrogens with zero attached hydrogens (tertiary/aromatic N) is 1. The zero-order valence-corrected chi connectivity index (χ0v) is 15.1. The molecule has 1 N–H and O–H groups in total. The summed E-state index contributed by atoms with van der Waals surface area (Å²) in [6, 6.07) is 11.5. The van der Waals surface area contributed by atoms with Crippen molar-refractivity contribution in [3.63, 3.8) is 0 Å². The summed E-state index contributed by atoms with van der Waals surface area (Å²) in [5, 5.41) is 11.8. The third-order valence-corrected chi connectivity index (χ3v) is 4.56. The molecular weight excluding hydrogens is 354 g/mol. The van der Waals surface area contributed by atoms with Gasteiger partial charge in [0.1, 0.15) is 17.4 Å². The molecule has 0 atom stereocenters. The van der Waals surface area contributed by atoms with Crippen molar-refractivity contribution in [2.75, 3.05) is 14.2 Å². The summed E-state index contributed by atoms with van der Waals surface area (Å²) in [5.41, 5.74) is 1.82. The number of ether oxygens (including phenoxy) is 3. The van der Waals surface area contributed by atoms with Crippen LogP contribution in [0.4, 0.5) is 0 Å². The summed E-state index contributed by atoms with van der Waals surface area (Å²) in [7, 11) is 3.16. The number of hydrogen-bond donors (Lipinski definition) is 1. The molecule has 6 nitrogen and oxygen atoms in total. The van der Waals surface area contributed by atoms with Crippen LogP contribution in [0.1, 0.15) is 16.1 Å². The number of hydrogen-bond acceptors (Lipinski definition) is 7. The number of carbonyl (C=O) groups is 1. The predicted octanol–water partition coefficient (Wildman–Crippen LogP) is 3.89. The fraction of sp³-hybridized carbons (Fsp3) is 0.158. The van der Waals surface area contributed by atoms with Gasteiger partial charge in [-0.1, -0.05) is 6.07 Å². The second kappa shape index (κ2) is 7.88. The van der Waals surface area contributed by atoms with Crippen LogP contribution in [0.2, 0.25) is 0 Å². The highest BCUT2D eigenvalue weighted by Crippen LogP contribution is 2.39. The van der Waals surface area contributed by atoms with Crippen LogP contribution in [0.5, 0.6) is 17.2 Å². The van der Waals surface area contributed by atoms with Gasteiger partial charge in [0.05, 0.1) is 31.0 Å². The number of phenolic OH excluding ortho intramolecular Hbond substituents is 1. The maximum atomic E-state index is 12.0. The first kappa shape index (κ1) is 17.8. The average molecular weight is 371 g/mol. The number of phenols is 1. The molecule has 3 rings (SSSR count). The Hall–Kier alpha value is -3.06. The number of para-hydroxylation sites is 1. The average Bonchev–Trinajstić information content (AvgIpc) is 3.14. The van der Waals surface area contributed by atoms with E-state index in [9.17, 15) is 9.90 Å². The van der Waals surface area contributed by atoms with Crippen molar-refractivity contribution in [1.29, 1.82) is 0 Å². The highest BCUT2D eigenvalue weighted by Gasteiger charge is 2.15. The zero-order valence-electron chi connectivity index (χ0n) is 14.3. The van der Waals surface area contributed by atoms with Gasteiger partial charge in [0, 0.05) is 5.38 Å².